The van der Waals surface area contributed by atoms with E-state index in [1.165, 1.54) is 0 Å². The first kappa shape index (κ1) is 8.48. The number of carbonyl (C=O) groups excluding carboxylic acids is 1. The molecule has 3 heteroatoms. The van der Waals surface area contributed by atoms with Gasteiger partial charge in [0.05, 0.1) is 0 Å². The van der Waals surface area contributed by atoms with E-state index in [4.69, 9.17) is 0 Å². The molecular weight excluding hydrogens is 164 g/mol. The van der Waals surface area contributed by atoms with Crippen LogP contribution in [0.3, 0.4) is 0 Å². The third-order valence-corrected chi connectivity index (χ3v) is 2.80. The molecule has 0 radical (unpaired) electrons. The minimum atomic E-state index is 0.197. The van der Waals surface area contributed by atoms with Gasteiger partial charge in [-0.1, -0.05) is 13.8 Å². The van der Waals surface area contributed by atoms with E-state index in [1.807, 2.05) is 13.2 Å². The van der Waals surface area contributed by atoms with Crippen LogP contribution < -0.4 is 0 Å². The topological polar surface area (TPSA) is 34.9 Å². The van der Waals surface area contributed by atoms with Crippen LogP contribution >= 0.6 is 0 Å². The fraction of sp³-hybridized carbons (Fsp3) is 0.600. The zero-order valence-electron chi connectivity index (χ0n) is 8.24. The number of Topliss-reactive ketones (excluding diaryl/α,β-unsaturated/α-hetero) is 1. The van der Waals surface area contributed by atoms with Gasteiger partial charge in [-0.25, -0.2) is 0 Å². The van der Waals surface area contributed by atoms with Crippen LogP contribution in [0.1, 0.15) is 30.8 Å². The molecule has 0 N–H and O–H groups in total. The van der Waals surface area contributed by atoms with Gasteiger partial charge in [0.25, 0.3) is 0 Å². The summed E-state index contributed by atoms with van der Waals surface area (Å²) in [7, 11) is 1.83. The van der Waals surface area contributed by atoms with Crippen molar-refractivity contribution < 1.29 is 4.79 Å². The van der Waals surface area contributed by atoms with Crippen molar-refractivity contribution in [3.8, 4) is 0 Å². The highest BCUT2D eigenvalue weighted by Crippen LogP contribution is 2.52. The maximum atomic E-state index is 11.8. The van der Waals surface area contributed by atoms with Crippen LogP contribution in [-0.4, -0.2) is 15.6 Å². The summed E-state index contributed by atoms with van der Waals surface area (Å²) in [6.07, 6.45) is 2.81. The maximum absolute atomic E-state index is 11.8. The molecule has 1 heterocycles. The minimum Gasteiger partial charge on any atom is -0.292 e. The number of aromatic nitrogens is 2. The predicted molar refractivity (Wildman–Crippen MR) is 49.4 cm³/mol. The van der Waals surface area contributed by atoms with E-state index in [-0.39, 0.29) is 17.1 Å². The second-order valence-corrected chi connectivity index (χ2v) is 4.48. The van der Waals surface area contributed by atoms with E-state index < -0.39 is 0 Å². The highest BCUT2D eigenvalue weighted by Gasteiger charge is 2.51. The number of hydrogen-bond donors (Lipinski definition) is 0. The summed E-state index contributed by atoms with van der Waals surface area (Å²) >= 11 is 0. The molecule has 1 aromatic rings. The Hall–Kier alpha value is -1.12. The molecule has 2 rings (SSSR count). The van der Waals surface area contributed by atoms with Gasteiger partial charge in [0.1, 0.15) is 5.69 Å². The fourth-order valence-electron chi connectivity index (χ4n) is 1.64. The van der Waals surface area contributed by atoms with Crippen molar-refractivity contribution in [3.05, 3.63) is 18.0 Å². The smallest absolute Gasteiger partial charge is 0.186 e. The van der Waals surface area contributed by atoms with Gasteiger partial charge >= 0.3 is 0 Å². The van der Waals surface area contributed by atoms with Crippen molar-refractivity contribution >= 4 is 5.78 Å². The average molecular weight is 178 g/mol. The Morgan fingerprint density at radius 3 is 2.69 bits per heavy atom. The van der Waals surface area contributed by atoms with Gasteiger partial charge in [-0.3, -0.25) is 9.48 Å². The molecular formula is C10H14N2O. The Labute approximate surface area is 77.7 Å². The largest absolute Gasteiger partial charge is 0.292 e. The maximum Gasteiger partial charge on any atom is 0.186 e. The zero-order valence-corrected chi connectivity index (χ0v) is 8.24. The van der Waals surface area contributed by atoms with Crippen molar-refractivity contribution in [1.29, 1.82) is 0 Å². The number of nitrogens with zero attached hydrogens (tertiary/aromatic N) is 2. The van der Waals surface area contributed by atoms with E-state index in [9.17, 15) is 4.79 Å². The molecule has 1 aliphatic carbocycles. The number of rotatable bonds is 2. The molecule has 0 aliphatic heterocycles. The molecule has 1 fully saturated rings. The van der Waals surface area contributed by atoms with Crippen molar-refractivity contribution in [2.45, 2.75) is 20.3 Å². The van der Waals surface area contributed by atoms with Crippen LogP contribution in [0.25, 0.3) is 0 Å². The molecule has 0 spiro atoms. The molecule has 1 saturated carbocycles. The Morgan fingerprint density at radius 1 is 1.69 bits per heavy atom. The lowest BCUT2D eigenvalue weighted by Crippen LogP contribution is -2.07. The Bertz CT molecular complexity index is 352. The van der Waals surface area contributed by atoms with Gasteiger partial charge in [-0.15, -0.1) is 0 Å². The molecule has 3 nitrogen and oxygen atoms in total. The van der Waals surface area contributed by atoms with E-state index in [2.05, 4.69) is 18.9 Å². The second kappa shape index (κ2) is 2.44. The number of aryl methyl sites for hydroxylation is 1. The first-order chi connectivity index (χ1) is 6.00. The predicted octanol–water partition coefficient (Wildman–Crippen LogP) is 1.65. The molecule has 1 atom stereocenters. The Morgan fingerprint density at radius 2 is 2.31 bits per heavy atom. The lowest BCUT2D eigenvalue weighted by atomic mass is 10.1. The molecule has 1 aliphatic rings. The number of hydrogen-bond acceptors (Lipinski definition) is 2. The minimum absolute atomic E-state index is 0.197. The van der Waals surface area contributed by atoms with Crippen LogP contribution in [-0.2, 0) is 7.05 Å². The third-order valence-electron chi connectivity index (χ3n) is 2.80. The standard InChI is InChI=1S/C10H14N2O/c1-10(2)6-7(10)9(13)8-4-5-12(3)11-8/h4-5,7H,6H2,1-3H3. The summed E-state index contributed by atoms with van der Waals surface area (Å²) in [4.78, 5) is 11.8. The number of ketones is 1. The van der Waals surface area contributed by atoms with Gasteiger partial charge in [0, 0.05) is 19.2 Å². The highest BCUT2D eigenvalue weighted by atomic mass is 16.1. The lowest BCUT2D eigenvalue weighted by Gasteiger charge is -1.99. The first-order valence-electron chi connectivity index (χ1n) is 4.54. The normalized spacial score (nSPS) is 24.4. The van der Waals surface area contributed by atoms with Gasteiger partial charge in [-0.05, 0) is 17.9 Å². The van der Waals surface area contributed by atoms with E-state index in [0.29, 0.717) is 5.69 Å². The van der Waals surface area contributed by atoms with Crippen LogP contribution in [0, 0.1) is 11.3 Å². The lowest BCUT2D eigenvalue weighted by molar-refractivity contribution is 0.0947. The van der Waals surface area contributed by atoms with Gasteiger partial charge in [0.2, 0.25) is 0 Å². The fourth-order valence-corrected chi connectivity index (χ4v) is 1.64. The van der Waals surface area contributed by atoms with E-state index >= 15 is 0 Å². The van der Waals surface area contributed by atoms with E-state index in [0.717, 1.165) is 6.42 Å². The summed E-state index contributed by atoms with van der Waals surface area (Å²) in [6.45, 7) is 4.25. The zero-order chi connectivity index (χ0) is 9.64. The molecule has 0 amide bonds. The molecule has 0 saturated heterocycles. The van der Waals surface area contributed by atoms with Gasteiger partial charge in [0.15, 0.2) is 5.78 Å². The SMILES string of the molecule is Cn1ccc(C(=O)C2CC2(C)C)n1. The summed E-state index contributed by atoms with van der Waals surface area (Å²) in [6, 6.07) is 1.79. The summed E-state index contributed by atoms with van der Waals surface area (Å²) < 4.78 is 1.67. The third kappa shape index (κ3) is 1.39. The van der Waals surface area contributed by atoms with Gasteiger partial charge < -0.3 is 0 Å². The number of carbonyl (C=O) groups is 1. The summed E-state index contributed by atoms with van der Waals surface area (Å²) in [5.41, 5.74) is 0.812. The van der Waals surface area contributed by atoms with Crippen LogP contribution in [0.2, 0.25) is 0 Å². The van der Waals surface area contributed by atoms with Gasteiger partial charge in [-0.2, -0.15) is 5.10 Å². The monoisotopic (exact) mass is 178 g/mol. The average Bonchev–Trinajstić information content (AvgIpc) is 2.47. The van der Waals surface area contributed by atoms with Crippen molar-refractivity contribution in [3.63, 3.8) is 0 Å². The Balaban J connectivity index is 2.16. The van der Waals surface area contributed by atoms with Crippen LogP contribution in [0.4, 0.5) is 0 Å². The molecule has 0 bridgehead atoms. The molecule has 0 aromatic carbocycles. The Kier molecular flexibility index (Phi) is 1.59. The first-order valence-corrected chi connectivity index (χ1v) is 4.54. The summed E-state index contributed by atoms with van der Waals surface area (Å²) in [5.74, 6) is 0.396. The van der Waals surface area contributed by atoms with Crippen molar-refractivity contribution in [2.24, 2.45) is 18.4 Å². The molecule has 1 unspecified atom stereocenters. The highest BCUT2D eigenvalue weighted by molar-refractivity contribution is 5.98. The van der Waals surface area contributed by atoms with Crippen LogP contribution in [0.5, 0.6) is 0 Å². The molecule has 70 valence electrons. The quantitative estimate of drug-likeness (QED) is 0.645. The van der Waals surface area contributed by atoms with Crippen molar-refractivity contribution in [1.82, 2.24) is 9.78 Å². The molecule has 1 aromatic heterocycles. The second-order valence-electron chi connectivity index (χ2n) is 4.48. The van der Waals surface area contributed by atoms with E-state index in [1.54, 1.807) is 10.7 Å². The van der Waals surface area contributed by atoms with Crippen molar-refractivity contribution in [2.75, 3.05) is 0 Å². The molecule has 13 heavy (non-hydrogen) atoms. The van der Waals surface area contributed by atoms with Crippen LogP contribution in [0.15, 0.2) is 12.3 Å². The summed E-state index contributed by atoms with van der Waals surface area (Å²) in [5, 5.41) is 4.10.